The van der Waals surface area contributed by atoms with E-state index in [1.165, 1.54) is 37.6 Å². The predicted octanol–water partition coefficient (Wildman–Crippen LogP) is 3.50. The lowest BCUT2D eigenvalue weighted by molar-refractivity contribution is -0.116. The van der Waals surface area contributed by atoms with Gasteiger partial charge in [0.25, 0.3) is 0 Å². The molecule has 0 unspecified atom stereocenters. The number of phenols is 1. The maximum atomic E-state index is 13.8. The van der Waals surface area contributed by atoms with Crippen LogP contribution in [0.5, 0.6) is 11.5 Å². The van der Waals surface area contributed by atoms with Crippen LogP contribution in [0.2, 0.25) is 0 Å². The molecule has 29 heavy (non-hydrogen) atoms. The maximum Gasteiger partial charge on any atom is 0.339 e. The maximum absolute atomic E-state index is 13.8. The van der Waals surface area contributed by atoms with Gasteiger partial charge in [-0.25, -0.2) is 9.18 Å². The Morgan fingerprint density at radius 2 is 2.07 bits per heavy atom. The minimum Gasteiger partial charge on any atom is -0.504 e. The monoisotopic (exact) mass is 396 g/mol. The largest absolute Gasteiger partial charge is 0.504 e. The minimum absolute atomic E-state index is 0.0388. The number of amides is 1. The lowest BCUT2D eigenvalue weighted by atomic mass is 9.88. The van der Waals surface area contributed by atoms with Crippen LogP contribution in [0.4, 0.5) is 10.1 Å². The summed E-state index contributed by atoms with van der Waals surface area (Å²) in [4.78, 5) is 24.1. The molecule has 1 atom stereocenters. The van der Waals surface area contributed by atoms with Crippen molar-refractivity contribution in [2.45, 2.75) is 12.3 Å². The molecule has 0 fully saturated rings. The SMILES string of the molecule is COc1ccc([C@@H]2CC(=O)Nc3c(C(=O)O)cn(-c4cccc(F)c4)c32)cc1O. The highest BCUT2D eigenvalue weighted by molar-refractivity contribution is 6.04. The van der Waals surface area contributed by atoms with E-state index in [4.69, 9.17) is 4.74 Å². The second kappa shape index (κ2) is 6.97. The zero-order valence-electron chi connectivity index (χ0n) is 15.3. The number of aromatic carboxylic acids is 1. The number of halogens is 1. The van der Waals surface area contributed by atoms with Crippen molar-refractivity contribution in [1.29, 1.82) is 0 Å². The van der Waals surface area contributed by atoms with Crippen LogP contribution in [0, 0.1) is 5.82 Å². The van der Waals surface area contributed by atoms with Crippen LogP contribution in [0.1, 0.15) is 34.0 Å². The van der Waals surface area contributed by atoms with Gasteiger partial charge in [-0.3, -0.25) is 4.79 Å². The molecule has 3 N–H and O–H groups in total. The lowest BCUT2D eigenvalue weighted by Gasteiger charge is -2.26. The zero-order chi connectivity index (χ0) is 20.7. The lowest BCUT2D eigenvalue weighted by Crippen LogP contribution is -2.25. The summed E-state index contributed by atoms with van der Waals surface area (Å²) in [5.41, 5.74) is 1.59. The van der Waals surface area contributed by atoms with E-state index in [-0.39, 0.29) is 35.1 Å². The Labute approximate surface area is 165 Å². The highest BCUT2D eigenvalue weighted by Gasteiger charge is 2.34. The second-order valence-electron chi connectivity index (χ2n) is 6.69. The molecule has 0 saturated heterocycles. The number of fused-ring (bicyclic) bond motifs is 1. The van der Waals surface area contributed by atoms with Crippen molar-refractivity contribution >= 4 is 17.6 Å². The topological polar surface area (TPSA) is 101 Å². The molecular weight excluding hydrogens is 379 g/mol. The molecule has 2 aromatic carbocycles. The first-order chi connectivity index (χ1) is 13.9. The highest BCUT2D eigenvalue weighted by Crippen LogP contribution is 2.43. The number of methoxy groups -OCH3 is 1. The molecule has 4 rings (SSSR count). The van der Waals surface area contributed by atoms with Crippen LogP contribution in [0.3, 0.4) is 0 Å². The van der Waals surface area contributed by atoms with E-state index in [1.807, 2.05) is 0 Å². The van der Waals surface area contributed by atoms with Gasteiger partial charge < -0.3 is 24.8 Å². The number of aromatic nitrogens is 1. The Morgan fingerprint density at radius 1 is 1.28 bits per heavy atom. The van der Waals surface area contributed by atoms with Crippen molar-refractivity contribution in [2.75, 3.05) is 12.4 Å². The molecule has 1 aliphatic heterocycles. The number of rotatable bonds is 4. The summed E-state index contributed by atoms with van der Waals surface area (Å²) in [7, 11) is 1.43. The number of carbonyl (C=O) groups excluding carboxylic acids is 1. The Kier molecular flexibility index (Phi) is 4.46. The number of benzene rings is 2. The van der Waals surface area contributed by atoms with Crippen molar-refractivity contribution < 1.29 is 28.9 Å². The molecule has 0 saturated carbocycles. The number of nitrogens with one attached hydrogen (secondary N) is 1. The van der Waals surface area contributed by atoms with E-state index in [1.54, 1.807) is 22.8 Å². The summed E-state index contributed by atoms with van der Waals surface area (Å²) in [6, 6.07) is 10.5. The van der Waals surface area contributed by atoms with Crippen molar-refractivity contribution in [3.8, 4) is 17.2 Å². The van der Waals surface area contributed by atoms with Crippen LogP contribution >= 0.6 is 0 Å². The predicted molar refractivity (Wildman–Crippen MR) is 102 cm³/mol. The van der Waals surface area contributed by atoms with E-state index in [9.17, 15) is 24.2 Å². The molecule has 7 nitrogen and oxygen atoms in total. The average molecular weight is 396 g/mol. The fourth-order valence-electron chi connectivity index (χ4n) is 3.67. The first kappa shape index (κ1) is 18.5. The van der Waals surface area contributed by atoms with Gasteiger partial charge in [0.15, 0.2) is 11.5 Å². The smallest absolute Gasteiger partial charge is 0.339 e. The number of phenolic OH excluding ortho intramolecular Hbond substituents is 1. The van der Waals surface area contributed by atoms with Gasteiger partial charge in [-0.05, 0) is 35.9 Å². The van der Waals surface area contributed by atoms with Gasteiger partial charge in [-0.15, -0.1) is 0 Å². The van der Waals surface area contributed by atoms with Gasteiger partial charge in [0, 0.05) is 24.2 Å². The van der Waals surface area contributed by atoms with Crippen LogP contribution in [-0.4, -0.2) is 33.8 Å². The standard InChI is InChI=1S/C21H17FN2O5/c1-29-17-6-5-11(7-16(17)25)14-9-18(26)23-19-15(21(27)28)10-24(20(14)19)13-4-2-3-12(22)8-13/h2-8,10,14,25H,9H2,1H3,(H,23,26)(H,27,28)/t14-/m0/s1. The van der Waals surface area contributed by atoms with Crippen LogP contribution in [-0.2, 0) is 4.79 Å². The summed E-state index contributed by atoms with van der Waals surface area (Å²) < 4.78 is 20.5. The molecule has 2 heterocycles. The Bertz CT molecular complexity index is 1140. The summed E-state index contributed by atoms with van der Waals surface area (Å²) in [5, 5.41) is 22.4. The van der Waals surface area contributed by atoms with Gasteiger partial charge in [-0.1, -0.05) is 12.1 Å². The molecule has 1 aromatic heterocycles. The van der Waals surface area contributed by atoms with Gasteiger partial charge >= 0.3 is 5.97 Å². The number of carbonyl (C=O) groups is 2. The molecule has 3 aromatic rings. The molecule has 0 aliphatic carbocycles. The van der Waals surface area contributed by atoms with E-state index in [0.29, 0.717) is 16.9 Å². The Hall–Kier alpha value is -3.81. The number of aromatic hydroxyl groups is 1. The molecule has 0 radical (unpaired) electrons. The van der Waals surface area contributed by atoms with Crippen molar-refractivity contribution in [2.24, 2.45) is 0 Å². The Morgan fingerprint density at radius 3 is 2.72 bits per heavy atom. The van der Waals surface area contributed by atoms with Crippen molar-refractivity contribution in [1.82, 2.24) is 4.57 Å². The van der Waals surface area contributed by atoms with E-state index in [2.05, 4.69) is 5.32 Å². The first-order valence-corrected chi connectivity index (χ1v) is 8.80. The summed E-state index contributed by atoms with van der Waals surface area (Å²) in [6.07, 6.45) is 1.40. The van der Waals surface area contributed by atoms with Gasteiger partial charge in [-0.2, -0.15) is 0 Å². The first-order valence-electron chi connectivity index (χ1n) is 8.80. The molecule has 1 amide bonds. The number of anilines is 1. The third-order valence-electron chi connectivity index (χ3n) is 4.95. The normalized spacial score (nSPS) is 15.5. The van der Waals surface area contributed by atoms with Crippen LogP contribution in [0.25, 0.3) is 5.69 Å². The highest BCUT2D eigenvalue weighted by atomic mass is 19.1. The summed E-state index contributed by atoms with van der Waals surface area (Å²) >= 11 is 0. The third kappa shape index (κ3) is 3.18. The van der Waals surface area contributed by atoms with Crippen molar-refractivity contribution in [3.05, 3.63) is 71.3 Å². The fourth-order valence-corrected chi connectivity index (χ4v) is 3.67. The fraction of sp³-hybridized carbons (Fsp3) is 0.143. The van der Waals surface area contributed by atoms with Crippen LogP contribution in [0.15, 0.2) is 48.7 Å². The molecular formula is C21H17FN2O5. The summed E-state index contributed by atoms with van der Waals surface area (Å²) in [5.74, 6) is -2.40. The number of hydrogen-bond acceptors (Lipinski definition) is 4. The van der Waals surface area contributed by atoms with E-state index >= 15 is 0 Å². The number of carboxylic acid groups (broad SMARTS) is 1. The van der Waals surface area contributed by atoms with Gasteiger partial charge in [0.2, 0.25) is 5.91 Å². The van der Waals surface area contributed by atoms with Crippen molar-refractivity contribution in [3.63, 3.8) is 0 Å². The summed E-state index contributed by atoms with van der Waals surface area (Å²) in [6.45, 7) is 0. The van der Waals surface area contributed by atoms with Gasteiger partial charge in [0.05, 0.1) is 18.5 Å². The average Bonchev–Trinajstić information content (AvgIpc) is 3.07. The number of ether oxygens (including phenoxy) is 1. The molecule has 0 bridgehead atoms. The molecule has 148 valence electrons. The number of hydrogen-bond donors (Lipinski definition) is 3. The third-order valence-corrected chi connectivity index (χ3v) is 4.95. The number of nitrogens with zero attached hydrogens (tertiary/aromatic N) is 1. The minimum atomic E-state index is -1.21. The number of carboxylic acids is 1. The quantitative estimate of drug-likeness (QED) is 0.627. The van der Waals surface area contributed by atoms with E-state index < -0.39 is 17.7 Å². The zero-order valence-corrected chi connectivity index (χ0v) is 15.3. The molecule has 0 spiro atoms. The molecule has 8 heteroatoms. The van der Waals surface area contributed by atoms with Gasteiger partial charge in [0.1, 0.15) is 11.4 Å². The second-order valence-corrected chi connectivity index (χ2v) is 6.69. The van der Waals surface area contributed by atoms with Crippen LogP contribution < -0.4 is 10.1 Å². The Balaban J connectivity index is 1.95. The van der Waals surface area contributed by atoms with E-state index in [0.717, 1.165) is 0 Å². The molecule has 1 aliphatic rings.